The molecule has 0 saturated carbocycles. The number of phenols is 1. The van der Waals surface area contributed by atoms with Gasteiger partial charge in [-0.1, -0.05) is 48.5 Å². The van der Waals surface area contributed by atoms with Gasteiger partial charge in [0.2, 0.25) is 0 Å². The number of nitrogens with zero attached hydrogens (tertiary/aromatic N) is 1. The van der Waals surface area contributed by atoms with Crippen LogP contribution >= 0.6 is 0 Å². The summed E-state index contributed by atoms with van der Waals surface area (Å²) in [6.45, 7) is 0. The third kappa shape index (κ3) is 3.09. The van der Waals surface area contributed by atoms with Crippen LogP contribution in [-0.2, 0) is 0 Å². The molecule has 1 aromatic heterocycles. The molecule has 0 amide bonds. The molecule has 3 nitrogen and oxygen atoms in total. The number of pyridine rings is 1. The Kier molecular flexibility index (Phi) is 4.23. The molecule has 4 heteroatoms. The fourth-order valence-electron chi connectivity index (χ4n) is 3.08. The Balaban J connectivity index is 1.84. The largest absolute Gasteiger partial charge is 0.505 e. The summed E-state index contributed by atoms with van der Waals surface area (Å²) in [5.41, 5.74) is 2.99. The monoisotopic (exact) mass is 344 g/mol. The second-order valence-electron chi connectivity index (χ2n) is 6.07. The molecule has 0 aliphatic rings. The van der Waals surface area contributed by atoms with Gasteiger partial charge in [0.05, 0.1) is 6.04 Å². The summed E-state index contributed by atoms with van der Waals surface area (Å²) < 4.78 is 13.4. The maximum Gasteiger partial charge on any atom is 0.147 e. The first-order valence-electron chi connectivity index (χ1n) is 8.36. The number of aromatic nitrogens is 1. The first kappa shape index (κ1) is 16.1. The third-order valence-electron chi connectivity index (χ3n) is 4.38. The first-order chi connectivity index (χ1) is 12.7. The Morgan fingerprint density at radius 2 is 1.62 bits per heavy atom. The lowest BCUT2D eigenvalue weighted by molar-refractivity contribution is 0.471. The molecule has 3 aromatic carbocycles. The van der Waals surface area contributed by atoms with Crippen molar-refractivity contribution in [2.45, 2.75) is 6.04 Å². The van der Waals surface area contributed by atoms with E-state index in [9.17, 15) is 9.50 Å². The van der Waals surface area contributed by atoms with Crippen LogP contribution in [0.4, 0.5) is 10.1 Å². The summed E-state index contributed by atoms with van der Waals surface area (Å²) in [7, 11) is 0. The van der Waals surface area contributed by atoms with Gasteiger partial charge in [0.15, 0.2) is 0 Å². The number of nitrogens with one attached hydrogen (secondary N) is 1. The zero-order valence-electron chi connectivity index (χ0n) is 13.9. The number of hydrogen-bond donors (Lipinski definition) is 2. The minimum Gasteiger partial charge on any atom is -0.505 e. The summed E-state index contributed by atoms with van der Waals surface area (Å²) in [4.78, 5) is 4.30. The Bertz CT molecular complexity index is 1030. The number of fused-ring (bicyclic) bond motifs is 1. The number of phenolic OH excluding ortho intramolecular Hbond substituents is 1. The van der Waals surface area contributed by atoms with E-state index in [4.69, 9.17) is 0 Å². The highest BCUT2D eigenvalue weighted by Crippen LogP contribution is 2.36. The highest BCUT2D eigenvalue weighted by molar-refractivity contribution is 5.86. The van der Waals surface area contributed by atoms with Gasteiger partial charge >= 0.3 is 0 Å². The van der Waals surface area contributed by atoms with Gasteiger partial charge in [-0.25, -0.2) is 4.39 Å². The standard InChI is InChI=1S/C22H17FN2O/c23-17-11-8-16(9-12-17)20(25-18-6-2-1-3-7-18)19-13-10-15-5-4-14-24-21(15)22(19)26/h1-14,20,25-26H. The van der Waals surface area contributed by atoms with Gasteiger partial charge in [0, 0.05) is 22.8 Å². The molecule has 1 atom stereocenters. The molecule has 128 valence electrons. The van der Waals surface area contributed by atoms with E-state index in [2.05, 4.69) is 10.3 Å². The molecule has 0 fully saturated rings. The van der Waals surface area contributed by atoms with Gasteiger partial charge in [0.1, 0.15) is 17.1 Å². The van der Waals surface area contributed by atoms with Crippen LogP contribution in [0, 0.1) is 5.82 Å². The Labute approximate surface area is 150 Å². The van der Waals surface area contributed by atoms with E-state index in [1.165, 1.54) is 12.1 Å². The average molecular weight is 344 g/mol. The van der Waals surface area contributed by atoms with Crippen molar-refractivity contribution in [3.63, 3.8) is 0 Å². The Hall–Kier alpha value is -3.40. The first-order valence-corrected chi connectivity index (χ1v) is 8.36. The molecular weight excluding hydrogens is 327 g/mol. The predicted molar refractivity (Wildman–Crippen MR) is 102 cm³/mol. The van der Waals surface area contributed by atoms with Crippen molar-refractivity contribution in [1.82, 2.24) is 4.98 Å². The van der Waals surface area contributed by atoms with Crippen molar-refractivity contribution in [2.24, 2.45) is 0 Å². The van der Waals surface area contributed by atoms with Crippen LogP contribution in [0.3, 0.4) is 0 Å². The molecule has 0 radical (unpaired) electrons. The van der Waals surface area contributed by atoms with Gasteiger partial charge in [0.25, 0.3) is 0 Å². The van der Waals surface area contributed by atoms with E-state index in [-0.39, 0.29) is 17.6 Å². The van der Waals surface area contributed by atoms with E-state index < -0.39 is 0 Å². The summed E-state index contributed by atoms with van der Waals surface area (Å²) >= 11 is 0. The van der Waals surface area contributed by atoms with E-state index in [0.717, 1.165) is 16.6 Å². The number of benzene rings is 3. The molecule has 1 heterocycles. The summed E-state index contributed by atoms with van der Waals surface area (Å²) in [5.74, 6) is -0.169. The van der Waals surface area contributed by atoms with Crippen LogP contribution < -0.4 is 5.32 Å². The van der Waals surface area contributed by atoms with Crippen LogP contribution in [0.15, 0.2) is 85.1 Å². The van der Waals surface area contributed by atoms with Crippen molar-refractivity contribution in [3.05, 3.63) is 102 Å². The van der Waals surface area contributed by atoms with Crippen molar-refractivity contribution >= 4 is 16.6 Å². The van der Waals surface area contributed by atoms with Crippen molar-refractivity contribution in [2.75, 3.05) is 5.32 Å². The third-order valence-corrected chi connectivity index (χ3v) is 4.38. The van der Waals surface area contributed by atoms with E-state index in [0.29, 0.717) is 11.1 Å². The highest BCUT2D eigenvalue weighted by atomic mass is 19.1. The van der Waals surface area contributed by atoms with E-state index in [1.54, 1.807) is 18.3 Å². The number of aromatic hydroxyl groups is 1. The van der Waals surface area contributed by atoms with Crippen LogP contribution in [0.5, 0.6) is 5.75 Å². The number of halogens is 1. The molecule has 0 aliphatic carbocycles. The topological polar surface area (TPSA) is 45.1 Å². The molecule has 4 aromatic rings. The molecular formula is C22H17FN2O. The molecule has 2 N–H and O–H groups in total. The second kappa shape index (κ2) is 6.84. The number of para-hydroxylation sites is 1. The lowest BCUT2D eigenvalue weighted by Crippen LogP contribution is -2.13. The maximum atomic E-state index is 13.4. The smallest absolute Gasteiger partial charge is 0.147 e. The van der Waals surface area contributed by atoms with Crippen LogP contribution in [0.25, 0.3) is 10.9 Å². The fourth-order valence-corrected chi connectivity index (χ4v) is 3.08. The van der Waals surface area contributed by atoms with E-state index in [1.807, 2.05) is 54.6 Å². The quantitative estimate of drug-likeness (QED) is 0.529. The zero-order chi connectivity index (χ0) is 17.9. The fraction of sp³-hybridized carbons (Fsp3) is 0.0455. The van der Waals surface area contributed by atoms with Gasteiger partial charge in [-0.3, -0.25) is 4.98 Å². The SMILES string of the molecule is Oc1c(C(Nc2ccccc2)c2ccc(F)cc2)ccc2cccnc12. The molecule has 0 bridgehead atoms. The summed E-state index contributed by atoms with van der Waals surface area (Å²) in [6, 6.07) is 23.2. The van der Waals surface area contributed by atoms with E-state index >= 15 is 0 Å². The lowest BCUT2D eigenvalue weighted by Gasteiger charge is -2.22. The molecule has 4 rings (SSSR count). The number of hydrogen-bond acceptors (Lipinski definition) is 3. The predicted octanol–water partition coefficient (Wildman–Crippen LogP) is 5.28. The minimum absolute atomic E-state index is 0.126. The second-order valence-corrected chi connectivity index (χ2v) is 6.07. The van der Waals surface area contributed by atoms with Crippen molar-refractivity contribution in [1.29, 1.82) is 0 Å². The molecule has 0 spiro atoms. The molecule has 0 aliphatic heterocycles. The molecule has 26 heavy (non-hydrogen) atoms. The number of rotatable bonds is 4. The van der Waals surface area contributed by atoms with Crippen molar-refractivity contribution in [3.8, 4) is 5.75 Å². The van der Waals surface area contributed by atoms with Crippen LogP contribution in [0.2, 0.25) is 0 Å². The maximum absolute atomic E-state index is 13.4. The van der Waals surface area contributed by atoms with Gasteiger partial charge in [-0.15, -0.1) is 0 Å². The van der Waals surface area contributed by atoms with Crippen LogP contribution in [-0.4, -0.2) is 10.1 Å². The minimum atomic E-state index is -0.343. The normalized spacial score (nSPS) is 12.0. The van der Waals surface area contributed by atoms with Gasteiger partial charge in [-0.05, 0) is 35.9 Å². The lowest BCUT2D eigenvalue weighted by atomic mass is 9.96. The number of anilines is 1. The zero-order valence-corrected chi connectivity index (χ0v) is 13.9. The Morgan fingerprint density at radius 1 is 0.846 bits per heavy atom. The Morgan fingerprint density at radius 3 is 2.38 bits per heavy atom. The highest BCUT2D eigenvalue weighted by Gasteiger charge is 2.20. The van der Waals surface area contributed by atoms with Gasteiger partial charge < -0.3 is 10.4 Å². The van der Waals surface area contributed by atoms with Crippen LogP contribution in [0.1, 0.15) is 17.2 Å². The van der Waals surface area contributed by atoms with Crippen molar-refractivity contribution < 1.29 is 9.50 Å². The van der Waals surface area contributed by atoms with Gasteiger partial charge in [-0.2, -0.15) is 0 Å². The summed E-state index contributed by atoms with van der Waals surface area (Å²) in [6.07, 6.45) is 1.66. The molecule has 0 saturated heterocycles. The summed E-state index contributed by atoms with van der Waals surface area (Å²) in [5, 5.41) is 15.1. The average Bonchev–Trinajstić information content (AvgIpc) is 2.69. The molecule has 1 unspecified atom stereocenters.